The Morgan fingerprint density at radius 3 is 2.35 bits per heavy atom. The van der Waals surface area contributed by atoms with Gasteiger partial charge >= 0.3 is 0 Å². The summed E-state index contributed by atoms with van der Waals surface area (Å²) in [6, 6.07) is 19.2. The van der Waals surface area contributed by atoms with Gasteiger partial charge in [0.2, 0.25) is 21.2 Å². The molecule has 0 atom stereocenters. The highest BCUT2D eigenvalue weighted by Gasteiger charge is 2.24. The monoisotopic (exact) mass is 478 g/mol. The third-order valence-electron chi connectivity index (χ3n) is 5.29. The lowest BCUT2D eigenvalue weighted by atomic mass is 10.2. The predicted molar refractivity (Wildman–Crippen MR) is 128 cm³/mol. The number of nitrogens with one attached hydrogen (secondary N) is 1. The quantitative estimate of drug-likeness (QED) is 0.436. The summed E-state index contributed by atoms with van der Waals surface area (Å²) >= 11 is 0. The lowest BCUT2D eigenvalue weighted by Gasteiger charge is -2.15. The number of carbonyl (C=O) groups excluding carboxylic acids is 1. The van der Waals surface area contributed by atoms with Gasteiger partial charge in [-0.15, -0.1) is 0 Å². The van der Waals surface area contributed by atoms with E-state index in [2.05, 4.69) is 5.32 Å². The maximum absolute atomic E-state index is 13.2. The van der Waals surface area contributed by atoms with Gasteiger partial charge in [-0.25, -0.2) is 8.42 Å². The van der Waals surface area contributed by atoms with Crippen molar-refractivity contribution in [1.29, 1.82) is 0 Å². The molecule has 0 bridgehead atoms. The van der Waals surface area contributed by atoms with Crippen LogP contribution in [-0.2, 0) is 21.2 Å². The molecule has 4 rings (SSSR count). The first-order valence-corrected chi connectivity index (χ1v) is 11.8. The maximum atomic E-state index is 13.2. The Balaban J connectivity index is 1.76. The first-order valence-electron chi connectivity index (χ1n) is 10.3. The molecule has 4 aromatic rings. The first kappa shape index (κ1) is 23.1. The van der Waals surface area contributed by atoms with Gasteiger partial charge in [0, 0.05) is 17.6 Å². The highest BCUT2D eigenvalue weighted by atomic mass is 32.2. The van der Waals surface area contributed by atoms with E-state index in [1.807, 2.05) is 0 Å². The highest BCUT2D eigenvalue weighted by Crippen LogP contribution is 2.29. The van der Waals surface area contributed by atoms with Gasteiger partial charge in [0.1, 0.15) is 22.9 Å². The fourth-order valence-corrected chi connectivity index (χ4v) is 5.00. The molecule has 9 heteroatoms. The van der Waals surface area contributed by atoms with Gasteiger partial charge in [-0.05, 0) is 36.4 Å². The molecule has 34 heavy (non-hydrogen) atoms. The third kappa shape index (κ3) is 4.38. The van der Waals surface area contributed by atoms with Crippen molar-refractivity contribution in [2.45, 2.75) is 16.3 Å². The van der Waals surface area contributed by atoms with Crippen LogP contribution >= 0.6 is 0 Å². The van der Waals surface area contributed by atoms with Gasteiger partial charge in [0.15, 0.2) is 0 Å². The average Bonchev–Trinajstić information content (AvgIpc) is 2.86. The summed E-state index contributed by atoms with van der Waals surface area (Å²) in [5.74, 6) is 0.544. The molecular weight excluding hydrogens is 456 g/mol. The number of anilines is 1. The van der Waals surface area contributed by atoms with Crippen molar-refractivity contribution in [2.75, 3.05) is 19.5 Å². The number of amides is 1. The molecule has 0 fully saturated rings. The summed E-state index contributed by atoms with van der Waals surface area (Å²) in [6.45, 7) is -0.229. The second-order valence-electron chi connectivity index (χ2n) is 7.40. The summed E-state index contributed by atoms with van der Waals surface area (Å²) in [5.41, 5.74) is 0.250. The third-order valence-corrected chi connectivity index (χ3v) is 7.06. The molecule has 0 saturated heterocycles. The largest absolute Gasteiger partial charge is 0.497 e. The van der Waals surface area contributed by atoms with Gasteiger partial charge in [0.25, 0.3) is 0 Å². The molecule has 174 valence electrons. The number of sulfone groups is 1. The Kier molecular flexibility index (Phi) is 6.38. The van der Waals surface area contributed by atoms with Crippen molar-refractivity contribution in [3.8, 4) is 11.5 Å². The molecule has 1 aromatic heterocycles. The van der Waals surface area contributed by atoms with Crippen LogP contribution in [-0.4, -0.2) is 33.1 Å². The zero-order chi connectivity index (χ0) is 24.3. The summed E-state index contributed by atoms with van der Waals surface area (Å²) < 4.78 is 38.4. The maximum Gasteiger partial charge on any atom is 0.244 e. The number of fused-ring (bicyclic) bond motifs is 1. The first-order chi connectivity index (χ1) is 16.3. The zero-order valence-electron chi connectivity index (χ0n) is 18.5. The topological polar surface area (TPSA) is 104 Å². The number of rotatable bonds is 7. The molecule has 0 aliphatic heterocycles. The Hall–Kier alpha value is -4.11. The molecule has 0 radical (unpaired) electrons. The molecule has 0 spiro atoms. The predicted octanol–water partition coefficient (Wildman–Crippen LogP) is 3.49. The van der Waals surface area contributed by atoms with E-state index in [9.17, 15) is 18.0 Å². The number of benzene rings is 3. The van der Waals surface area contributed by atoms with Crippen LogP contribution in [0.3, 0.4) is 0 Å². The molecule has 0 aliphatic rings. The highest BCUT2D eigenvalue weighted by molar-refractivity contribution is 7.91. The normalized spacial score (nSPS) is 11.2. The van der Waals surface area contributed by atoms with E-state index in [4.69, 9.17) is 9.47 Å². The minimum atomic E-state index is -4.10. The van der Waals surface area contributed by atoms with Crippen LogP contribution in [0.4, 0.5) is 5.69 Å². The summed E-state index contributed by atoms with van der Waals surface area (Å²) in [6.07, 6.45) is 1.22. The number of carbonyl (C=O) groups is 1. The molecule has 3 aromatic carbocycles. The van der Waals surface area contributed by atoms with Crippen LogP contribution in [0.1, 0.15) is 0 Å². The molecule has 1 heterocycles. The number of aromatic nitrogens is 1. The Bertz CT molecular complexity index is 1530. The summed E-state index contributed by atoms with van der Waals surface area (Å²) in [4.78, 5) is 25.6. The minimum absolute atomic E-state index is 0.00125. The lowest BCUT2D eigenvalue weighted by molar-refractivity contribution is -0.116. The van der Waals surface area contributed by atoms with Gasteiger partial charge in [-0.1, -0.05) is 30.3 Å². The minimum Gasteiger partial charge on any atom is -0.497 e. The smallest absolute Gasteiger partial charge is 0.244 e. The molecular formula is C25H22N2O6S. The molecule has 0 unspecified atom stereocenters. The van der Waals surface area contributed by atoms with Gasteiger partial charge in [0.05, 0.1) is 30.3 Å². The molecule has 0 saturated carbocycles. The van der Waals surface area contributed by atoms with Crippen LogP contribution in [0.25, 0.3) is 10.9 Å². The van der Waals surface area contributed by atoms with Crippen LogP contribution in [0.2, 0.25) is 0 Å². The second kappa shape index (κ2) is 9.40. The number of ether oxygens (including phenoxy) is 2. The van der Waals surface area contributed by atoms with Gasteiger partial charge < -0.3 is 19.4 Å². The van der Waals surface area contributed by atoms with Crippen molar-refractivity contribution < 1.29 is 22.7 Å². The molecule has 0 aliphatic carbocycles. The fraction of sp³-hybridized carbons (Fsp3) is 0.120. The van der Waals surface area contributed by atoms with Gasteiger partial charge in [-0.3, -0.25) is 9.59 Å². The Labute approximate surface area is 196 Å². The number of nitrogens with zero attached hydrogens (tertiary/aromatic N) is 1. The number of hydrogen-bond donors (Lipinski definition) is 1. The van der Waals surface area contributed by atoms with Crippen LogP contribution in [0.5, 0.6) is 11.5 Å². The van der Waals surface area contributed by atoms with Crippen LogP contribution in [0, 0.1) is 0 Å². The number of para-hydroxylation sites is 1. The average molecular weight is 479 g/mol. The molecule has 8 nitrogen and oxygen atoms in total. The van der Waals surface area contributed by atoms with E-state index < -0.39 is 26.1 Å². The standard InChI is InChI=1S/C25H22N2O6S/c1-32-17-12-13-20(22(14-17)33-2)26-24(28)16-27-15-23(25(29)19-10-6-7-11-21(19)27)34(30,31)18-8-4-3-5-9-18/h3-15H,16H2,1-2H3,(H,26,28). The Morgan fingerprint density at radius 2 is 1.65 bits per heavy atom. The van der Waals surface area contributed by atoms with Crippen molar-refractivity contribution >= 4 is 32.3 Å². The number of hydrogen-bond acceptors (Lipinski definition) is 6. The second-order valence-corrected chi connectivity index (χ2v) is 9.32. The number of methoxy groups -OCH3 is 2. The van der Waals surface area contributed by atoms with Crippen molar-refractivity contribution in [3.05, 3.63) is 89.2 Å². The van der Waals surface area contributed by atoms with Crippen molar-refractivity contribution in [2.24, 2.45) is 0 Å². The lowest BCUT2D eigenvalue weighted by Crippen LogP contribution is -2.24. The van der Waals surface area contributed by atoms with E-state index in [1.54, 1.807) is 60.7 Å². The van der Waals surface area contributed by atoms with E-state index in [-0.39, 0.29) is 16.8 Å². The van der Waals surface area contributed by atoms with Gasteiger partial charge in [-0.2, -0.15) is 0 Å². The van der Waals surface area contributed by atoms with E-state index in [0.717, 1.165) is 0 Å². The molecule has 1 amide bonds. The van der Waals surface area contributed by atoms with Crippen LogP contribution in [0.15, 0.2) is 93.6 Å². The SMILES string of the molecule is COc1ccc(NC(=O)Cn2cc(S(=O)(=O)c3ccccc3)c(=O)c3ccccc32)c(OC)c1. The van der Waals surface area contributed by atoms with Crippen molar-refractivity contribution in [1.82, 2.24) is 4.57 Å². The van der Waals surface area contributed by atoms with E-state index in [1.165, 1.54) is 37.1 Å². The molecule has 1 N–H and O–H groups in total. The summed E-state index contributed by atoms with van der Waals surface area (Å²) in [7, 11) is -1.10. The van der Waals surface area contributed by atoms with Crippen LogP contribution < -0.4 is 20.2 Å². The Morgan fingerprint density at radius 1 is 0.941 bits per heavy atom. The van der Waals surface area contributed by atoms with E-state index in [0.29, 0.717) is 22.7 Å². The zero-order valence-corrected chi connectivity index (χ0v) is 19.3. The summed E-state index contributed by atoms with van der Waals surface area (Å²) in [5, 5.41) is 2.97. The van der Waals surface area contributed by atoms with Crippen molar-refractivity contribution in [3.63, 3.8) is 0 Å². The fourth-order valence-electron chi connectivity index (χ4n) is 3.61. The number of pyridine rings is 1. The van der Waals surface area contributed by atoms with E-state index >= 15 is 0 Å².